The van der Waals surface area contributed by atoms with Crippen molar-refractivity contribution in [3.05, 3.63) is 114 Å². The summed E-state index contributed by atoms with van der Waals surface area (Å²) < 4.78 is 7.52. The molecule has 0 amide bonds. The average Bonchev–Trinajstić information content (AvgIpc) is 3.30. The van der Waals surface area contributed by atoms with E-state index in [1.165, 1.54) is 37.7 Å². The predicted octanol–water partition coefficient (Wildman–Crippen LogP) is 7.26. The first kappa shape index (κ1) is 23.0. The summed E-state index contributed by atoms with van der Waals surface area (Å²) in [6.07, 6.45) is 2.07. The molecule has 0 fully saturated rings. The van der Waals surface area contributed by atoms with Crippen molar-refractivity contribution in [2.24, 2.45) is 0 Å². The summed E-state index contributed by atoms with van der Waals surface area (Å²) in [5, 5.41) is 17.3. The Kier molecular flexibility index (Phi) is 5.51. The molecule has 0 aromatic heterocycles. The first-order chi connectivity index (χ1) is 17.4. The zero-order chi connectivity index (χ0) is 24.9. The van der Waals surface area contributed by atoms with Crippen LogP contribution in [0, 0.1) is 0 Å². The van der Waals surface area contributed by atoms with E-state index in [0.717, 1.165) is 18.2 Å². The fourth-order valence-electron chi connectivity index (χ4n) is 6.25. The second-order valence-corrected chi connectivity index (χ2v) is 15.3. The summed E-state index contributed by atoms with van der Waals surface area (Å²) in [6, 6.07) is 36.4. The molecule has 0 saturated carbocycles. The van der Waals surface area contributed by atoms with Gasteiger partial charge in [-0.1, -0.05) is 112 Å². The molecule has 1 atom stereocenters. The molecular weight excluding hydrogens is 456 g/mol. The summed E-state index contributed by atoms with van der Waals surface area (Å²) in [6.45, 7) is 7.03. The van der Waals surface area contributed by atoms with E-state index in [1.807, 2.05) is 12.1 Å². The smallest absolute Gasteiger partial charge is 0.261 e. The van der Waals surface area contributed by atoms with Gasteiger partial charge in [0.05, 0.1) is 6.10 Å². The lowest BCUT2D eigenvalue weighted by atomic mass is 9.96. The van der Waals surface area contributed by atoms with Gasteiger partial charge in [-0.05, 0) is 73.1 Å². The average molecular weight is 489 g/mol. The van der Waals surface area contributed by atoms with Crippen LogP contribution in [-0.2, 0) is 10.8 Å². The summed E-state index contributed by atoms with van der Waals surface area (Å²) in [4.78, 5) is 0. The fraction of sp³-hybridized carbons (Fsp3) is 0.212. The van der Waals surface area contributed by atoms with Crippen molar-refractivity contribution < 1.29 is 9.53 Å². The molecule has 0 heterocycles. The molecule has 0 radical (unpaired) electrons. The highest BCUT2D eigenvalue weighted by Gasteiger charge is 2.52. The van der Waals surface area contributed by atoms with Crippen LogP contribution < -0.4 is 10.4 Å². The first-order valence-electron chi connectivity index (χ1n) is 12.8. The van der Waals surface area contributed by atoms with Gasteiger partial charge in [-0.15, -0.1) is 0 Å². The summed E-state index contributed by atoms with van der Waals surface area (Å²) in [7, 11) is -2.63. The minimum Gasteiger partial charge on any atom is -0.508 e. The van der Waals surface area contributed by atoms with Gasteiger partial charge in [0.15, 0.2) is 0 Å². The van der Waals surface area contributed by atoms with Crippen molar-refractivity contribution in [3.8, 4) is 5.75 Å². The Morgan fingerprint density at radius 3 is 1.97 bits per heavy atom. The highest BCUT2D eigenvalue weighted by Crippen LogP contribution is 2.45. The van der Waals surface area contributed by atoms with E-state index in [-0.39, 0.29) is 11.1 Å². The summed E-state index contributed by atoms with van der Waals surface area (Å²) in [5.41, 5.74) is 2.74. The molecule has 180 valence electrons. The van der Waals surface area contributed by atoms with Crippen molar-refractivity contribution in [2.45, 2.75) is 44.8 Å². The van der Waals surface area contributed by atoms with Crippen LogP contribution in [0.1, 0.15) is 44.4 Å². The highest BCUT2D eigenvalue weighted by atomic mass is 28.4. The van der Waals surface area contributed by atoms with Crippen molar-refractivity contribution in [2.75, 3.05) is 0 Å². The molecule has 1 aliphatic carbocycles. The van der Waals surface area contributed by atoms with Crippen LogP contribution >= 0.6 is 0 Å². The van der Waals surface area contributed by atoms with E-state index < -0.39 is 8.32 Å². The molecule has 5 aromatic rings. The summed E-state index contributed by atoms with van der Waals surface area (Å²) >= 11 is 0. The van der Waals surface area contributed by atoms with Crippen LogP contribution in [0.4, 0.5) is 0 Å². The van der Waals surface area contributed by atoms with Crippen molar-refractivity contribution in [1.82, 2.24) is 0 Å². The molecule has 1 aliphatic rings. The van der Waals surface area contributed by atoms with Gasteiger partial charge < -0.3 is 9.53 Å². The lowest BCUT2D eigenvalue weighted by Crippen LogP contribution is -2.66. The molecule has 0 spiro atoms. The van der Waals surface area contributed by atoms with E-state index >= 15 is 0 Å². The number of hydrogen-bond acceptors (Lipinski definition) is 2. The molecule has 0 aliphatic heterocycles. The Morgan fingerprint density at radius 1 is 0.722 bits per heavy atom. The van der Waals surface area contributed by atoms with Crippen molar-refractivity contribution in [3.63, 3.8) is 0 Å². The molecule has 1 unspecified atom stereocenters. The number of benzene rings is 5. The summed E-state index contributed by atoms with van der Waals surface area (Å²) in [5.74, 6) is 0.307. The second-order valence-electron chi connectivity index (χ2n) is 11.0. The lowest BCUT2D eigenvalue weighted by molar-refractivity contribution is 0.192. The Bertz CT molecular complexity index is 1510. The van der Waals surface area contributed by atoms with Gasteiger partial charge >= 0.3 is 0 Å². The molecule has 0 bridgehead atoms. The van der Waals surface area contributed by atoms with Gasteiger partial charge in [0.25, 0.3) is 8.32 Å². The number of fused-ring (bicyclic) bond motifs is 5. The largest absolute Gasteiger partial charge is 0.508 e. The third kappa shape index (κ3) is 3.57. The van der Waals surface area contributed by atoms with Gasteiger partial charge in [-0.25, -0.2) is 0 Å². The fourth-order valence-corrected chi connectivity index (χ4v) is 10.9. The quantitative estimate of drug-likeness (QED) is 0.213. The van der Waals surface area contributed by atoms with E-state index in [0.29, 0.717) is 5.75 Å². The number of phenolic OH excluding ortho intramolecular Hbond substituents is 1. The molecule has 0 saturated heterocycles. The first-order valence-corrected chi connectivity index (χ1v) is 14.8. The SMILES string of the molecule is CC(C)(C)[Si](OC1CCc2c1ccc1c2ccc2cc(O)ccc21)(c1ccccc1)c1ccccc1. The van der Waals surface area contributed by atoms with Crippen molar-refractivity contribution in [1.29, 1.82) is 0 Å². The van der Waals surface area contributed by atoms with Gasteiger partial charge in [-0.3, -0.25) is 0 Å². The molecule has 2 nitrogen and oxygen atoms in total. The molecular formula is C33H32O2Si. The number of aryl methyl sites for hydroxylation is 1. The Hall–Kier alpha value is -3.40. The predicted molar refractivity (Wildman–Crippen MR) is 153 cm³/mol. The van der Waals surface area contributed by atoms with E-state index in [1.54, 1.807) is 6.07 Å². The number of hydrogen-bond donors (Lipinski definition) is 1. The Morgan fingerprint density at radius 2 is 1.33 bits per heavy atom. The standard InChI is InChI=1S/C33H32O2Si/c1-33(2,3)36(25-10-6-4-7-11-25,26-12-8-5-9-13-26)35-32-21-20-30-29-16-14-23-22-24(34)15-17-27(23)28(29)18-19-31(30)32/h4-19,22,32,34H,20-21H2,1-3H3. The minimum atomic E-state index is -2.63. The second kappa shape index (κ2) is 8.61. The monoisotopic (exact) mass is 488 g/mol. The Balaban J connectivity index is 1.51. The third-order valence-electron chi connectivity index (χ3n) is 7.89. The Labute approximate surface area is 214 Å². The number of phenols is 1. The highest BCUT2D eigenvalue weighted by molar-refractivity contribution is 6.99. The van der Waals surface area contributed by atoms with Crippen LogP contribution in [0.25, 0.3) is 21.5 Å². The maximum atomic E-state index is 9.94. The van der Waals surface area contributed by atoms with Crippen molar-refractivity contribution >= 4 is 40.2 Å². The topological polar surface area (TPSA) is 29.5 Å². The van der Waals surface area contributed by atoms with Crippen LogP contribution in [0.5, 0.6) is 5.75 Å². The van der Waals surface area contributed by atoms with Gasteiger partial charge in [0.1, 0.15) is 5.75 Å². The normalized spacial score (nSPS) is 15.9. The molecule has 3 heteroatoms. The van der Waals surface area contributed by atoms with E-state index in [4.69, 9.17) is 4.43 Å². The maximum Gasteiger partial charge on any atom is 0.261 e. The van der Waals surface area contributed by atoms with Crippen LogP contribution in [0.2, 0.25) is 5.04 Å². The molecule has 6 rings (SSSR count). The van der Waals surface area contributed by atoms with E-state index in [2.05, 4.69) is 106 Å². The number of rotatable bonds is 4. The van der Waals surface area contributed by atoms with Crippen LogP contribution in [-0.4, -0.2) is 13.4 Å². The van der Waals surface area contributed by atoms with Gasteiger partial charge in [0, 0.05) is 0 Å². The van der Waals surface area contributed by atoms with Gasteiger partial charge in [0.2, 0.25) is 0 Å². The van der Waals surface area contributed by atoms with E-state index in [9.17, 15) is 5.11 Å². The molecule has 5 aromatic carbocycles. The van der Waals surface area contributed by atoms with Crippen LogP contribution in [0.15, 0.2) is 103 Å². The molecule has 36 heavy (non-hydrogen) atoms. The zero-order valence-corrected chi connectivity index (χ0v) is 22.2. The maximum absolute atomic E-state index is 9.94. The van der Waals surface area contributed by atoms with Gasteiger partial charge in [-0.2, -0.15) is 0 Å². The van der Waals surface area contributed by atoms with Crippen LogP contribution in [0.3, 0.4) is 0 Å². The third-order valence-corrected chi connectivity index (χ3v) is 12.9. The zero-order valence-electron chi connectivity index (χ0n) is 21.2. The molecule has 1 N–H and O–H groups in total. The number of aromatic hydroxyl groups is 1. The lowest BCUT2D eigenvalue weighted by Gasteiger charge is -2.44. The minimum absolute atomic E-state index is 0.0481.